The van der Waals surface area contributed by atoms with Gasteiger partial charge < -0.3 is 14.7 Å². The highest BCUT2D eigenvalue weighted by molar-refractivity contribution is 5.74. The number of ether oxygens (including phenoxy) is 1. The Bertz CT molecular complexity index is 775. The number of carbonyl (C=O) groups is 1. The molecule has 26 heavy (non-hydrogen) atoms. The number of benzene rings is 2. The second kappa shape index (κ2) is 7.41. The molecule has 138 valence electrons. The number of hydrogen-bond donors (Lipinski definition) is 1. The molecule has 0 aliphatic carbocycles. The zero-order valence-corrected chi connectivity index (χ0v) is 14.5. The monoisotopic (exact) mass is 361 g/mol. The van der Waals surface area contributed by atoms with Crippen molar-refractivity contribution in [3.05, 3.63) is 54.1 Å². The SMILES string of the molecule is C[C@@H](O)C(=O)OCc1cccc(-c2ccc(N3CCC(F)(F)C3)cc2)c1. The van der Waals surface area contributed by atoms with Gasteiger partial charge in [-0.1, -0.05) is 30.3 Å². The Balaban J connectivity index is 1.69. The van der Waals surface area contributed by atoms with Crippen molar-refractivity contribution in [3.8, 4) is 11.1 Å². The van der Waals surface area contributed by atoms with E-state index in [0.29, 0.717) is 6.54 Å². The number of rotatable bonds is 5. The smallest absolute Gasteiger partial charge is 0.334 e. The Morgan fingerprint density at radius 3 is 2.58 bits per heavy atom. The maximum Gasteiger partial charge on any atom is 0.334 e. The average molecular weight is 361 g/mol. The summed E-state index contributed by atoms with van der Waals surface area (Å²) in [5.41, 5.74) is 3.48. The number of carbonyl (C=O) groups excluding carboxylic acids is 1. The molecule has 1 saturated heterocycles. The lowest BCUT2D eigenvalue weighted by molar-refractivity contribution is -0.153. The third-order valence-corrected chi connectivity index (χ3v) is 4.38. The molecule has 0 unspecified atom stereocenters. The van der Waals surface area contributed by atoms with E-state index >= 15 is 0 Å². The van der Waals surface area contributed by atoms with E-state index in [4.69, 9.17) is 9.84 Å². The maximum atomic E-state index is 13.4. The van der Waals surface area contributed by atoms with Gasteiger partial charge in [-0.15, -0.1) is 0 Å². The topological polar surface area (TPSA) is 49.8 Å². The minimum atomic E-state index is -2.61. The van der Waals surface area contributed by atoms with Crippen LogP contribution in [0.1, 0.15) is 18.9 Å². The lowest BCUT2D eigenvalue weighted by atomic mass is 10.0. The molecule has 2 aromatic carbocycles. The molecule has 0 amide bonds. The summed E-state index contributed by atoms with van der Waals surface area (Å²) in [6.07, 6.45) is -1.26. The summed E-state index contributed by atoms with van der Waals surface area (Å²) >= 11 is 0. The highest BCUT2D eigenvalue weighted by Gasteiger charge is 2.38. The number of alkyl halides is 2. The summed E-state index contributed by atoms with van der Waals surface area (Å²) in [6, 6.07) is 15.0. The molecule has 4 nitrogen and oxygen atoms in total. The van der Waals surface area contributed by atoms with Crippen molar-refractivity contribution >= 4 is 11.7 Å². The largest absolute Gasteiger partial charge is 0.459 e. The van der Waals surface area contributed by atoms with Crippen LogP contribution in [0, 0.1) is 0 Å². The number of aliphatic hydroxyl groups is 1. The van der Waals surface area contributed by atoms with Gasteiger partial charge in [0, 0.05) is 18.7 Å². The summed E-state index contributed by atoms with van der Waals surface area (Å²) in [5.74, 6) is -3.28. The molecule has 0 radical (unpaired) electrons. The predicted molar refractivity (Wildman–Crippen MR) is 95.1 cm³/mol. The fourth-order valence-electron chi connectivity index (χ4n) is 2.94. The molecule has 1 aliphatic rings. The van der Waals surface area contributed by atoms with Crippen LogP contribution < -0.4 is 4.90 Å². The van der Waals surface area contributed by atoms with Crippen molar-refractivity contribution in [1.29, 1.82) is 0 Å². The normalized spacial score (nSPS) is 17.2. The average Bonchev–Trinajstić information content (AvgIpc) is 3.00. The zero-order chi connectivity index (χ0) is 18.7. The standard InChI is InChI=1S/C20H21F2NO3/c1-14(24)19(25)26-12-15-3-2-4-17(11-15)16-5-7-18(8-6-16)23-10-9-20(21,22)13-23/h2-8,11,14,24H,9-10,12-13H2,1H3/t14-/m1/s1. The molecule has 1 N–H and O–H groups in total. The van der Waals surface area contributed by atoms with Gasteiger partial charge in [0.05, 0.1) is 6.54 Å². The second-order valence-electron chi connectivity index (χ2n) is 6.56. The van der Waals surface area contributed by atoms with Crippen LogP contribution in [-0.4, -0.2) is 36.2 Å². The Morgan fingerprint density at radius 2 is 1.96 bits per heavy atom. The highest BCUT2D eigenvalue weighted by atomic mass is 19.3. The molecular weight excluding hydrogens is 340 g/mol. The number of esters is 1. The summed E-state index contributed by atoms with van der Waals surface area (Å²) in [6.45, 7) is 1.56. The summed E-state index contributed by atoms with van der Waals surface area (Å²) in [7, 11) is 0. The summed E-state index contributed by atoms with van der Waals surface area (Å²) < 4.78 is 31.7. The van der Waals surface area contributed by atoms with Gasteiger partial charge in [-0.25, -0.2) is 13.6 Å². The van der Waals surface area contributed by atoms with Crippen LogP contribution in [0.5, 0.6) is 0 Å². The lowest BCUT2D eigenvalue weighted by Crippen LogP contribution is -2.24. The van der Waals surface area contributed by atoms with Gasteiger partial charge in [-0.3, -0.25) is 0 Å². The fourth-order valence-corrected chi connectivity index (χ4v) is 2.94. The number of hydrogen-bond acceptors (Lipinski definition) is 4. The highest BCUT2D eigenvalue weighted by Crippen LogP contribution is 2.32. The number of nitrogens with zero attached hydrogens (tertiary/aromatic N) is 1. The Hall–Kier alpha value is -2.47. The van der Waals surface area contributed by atoms with E-state index in [1.807, 2.05) is 48.5 Å². The molecule has 1 fully saturated rings. The van der Waals surface area contributed by atoms with E-state index in [2.05, 4.69) is 0 Å². The van der Waals surface area contributed by atoms with Crippen LogP contribution in [0.25, 0.3) is 11.1 Å². The number of halogens is 2. The van der Waals surface area contributed by atoms with Crippen molar-refractivity contribution in [2.45, 2.75) is 32.0 Å². The van der Waals surface area contributed by atoms with Gasteiger partial charge in [0.1, 0.15) is 12.7 Å². The van der Waals surface area contributed by atoms with Gasteiger partial charge in [-0.2, -0.15) is 0 Å². The van der Waals surface area contributed by atoms with E-state index in [-0.39, 0.29) is 19.6 Å². The van der Waals surface area contributed by atoms with E-state index in [9.17, 15) is 13.6 Å². The van der Waals surface area contributed by atoms with Gasteiger partial charge in [-0.05, 0) is 41.8 Å². The molecule has 3 rings (SSSR count). The van der Waals surface area contributed by atoms with Gasteiger partial charge in [0.15, 0.2) is 0 Å². The Kier molecular flexibility index (Phi) is 5.23. The molecular formula is C20H21F2NO3. The minimum Gasteiger partial charge on any atom is -0.459 e. The van der Waals surface area contributed by atoms with Crippen LogP contribution >= 0.6 is 0 Å². The van der Waals surface area contributed by atoms with Crippen LogP contribution in [0.2, 0.25) is 0 Å². The summed E-state index contributed by atoms with van der Waals surface area (Å²) in [4.78, 5) is 13.0. The first-order chi connectivity index (χ1) is 12.3. The Labute approximate surface area is 151 Å². The first-order valence-corrected chi connectivity index (χ1v) is 8.51. The minimum absolute atomic E-state index is 0.0819. The molecule has 1 aliphatic heterocycles. The van der Waals surface area contributed by atoms with Crippen molar-refractivity contribution in [3.63, 3.8) is 0 Å². The molecule has 0 spiro atoms. The molecule has 0 bridgehead atoms. The molecule has 0 saturated carbocycles. The van der Waals surface area contributed by atoms with Crippen molar-refractivity contribution in [2.24, 2.45) is 0 Å². The van der Waals surface area contributed by atoms with E-state index in [1.54, 1.807) is 4.90 Å². The van der Waals surface area contributed by atoms with Crippen LogP contribution in [0.4, 0.5) is 14.5 Å². The van der Waals surface area contributed by atoms with Crippen molar-refractivity contribution in [1.82, 2.24) is 0 Å². The lowest BCUT2D eigenvalue weighted by Gasteiger charge is -2.18. The van der Waals surface area contributed by atoms with Crippen LogP contribution in [0.15, 0.2) is 48.5 Å². The number of anilines is 1. The quantitative estimate of drug-likeness (QED) is 0.827. The fraction of sp³-hybridized carbons (Fsp3) is 0.350. The first kappa shape index (κ1) is 18.3. The second-order valence-corrected chi connectivity index (χ2v) is 6.56. The van der Waals surface area contributed by atoms with Crippen LogP contribution in [-0.2, 0) is 16.1 Å². The first-order valence-electron chi connectivity index (χ1n) is 8.51. The third kappa shape index (κ3) is 4.38. The van der Waals surface area contributed by atoms with Gasteiger partial charge >= 0.3 is 5.97 Å². The van der Waals surface area contributed by atoms with Gasteiger partial charge in [0.25, 0.3) is 5.92 Å². The zero-order valence-electron chi connectivity index (χ0n) is 14.5. The van der Waals surface area contributed by atoms with Crippen molar-refractivity contribution < 1.29 is 23.4 Å². The number of aliphatic hydroxyl groups excluding tert-OH is 1. The molecule has 1 heterocycles. The Morgan fingerprint density at radius 1 is 1.23 bits per heavy atom. The maximum absolute atomic E-state index is 13.4. The van der Waals surface area contributed by atoms with Crippen molar-refractivity contribution in [2.75, 3.05) is 18.0 Å². The van der Waals surface area contributed by atoms with Crippen LogP contribution in [0.3, 0.4) is 0 Å². The van der Waals surface area contributed by atoms with E-state index < -0.39 is 18.0 Å². The third-order valence-electron chi connectivity index (χ3n) is 4.38. The molecule has 0 aromatic heterocycles. The summed E-state index contributed by atoms with van der Waals surface area (Å²) in [5, 5.41) is 9.15. The van der Waals surface area contributed by atoms with E-state index in [0.717, 1.165) is 22.4 Å². The van der Waals surface area contributed by atoms with Gasteiger partial charge in [0.2, 0.25) is 0 Å². The molecule has 2 aromatic rings. The predicted octanol–water partition coefficient (Wildman–Crippen LogP) is 3.62. The van der Waals surface area contributed by atoms with E-state index in [1.165, 1.54) is 6.92 Å². The molecule has 1 atom stereocenters. The molecule has 6 heteroatoms.